The Labute approximate surface area is 214 Å². The van der Waals surface area contributed by atoms with Gasteiger partial charge in [-0.3, -0.25) is 14.6 Å². The van der Waals surface area contributed by atoms with Crippen LogP contribution < -0.4 is 23.9 Å². The molecule has 2 unspecified atom stereocenters. The van der Waals surface area contributed by atoms with E-state index in [1.165, 1.54) is 19.1 Å². The zero-order valence-electron chi connectivity index (χ0n) is 21.0. The summed E-state index contributed by atoms with van der Waals surface area (Å²) in [4.78, 5) is 31.1. The number of H-pyrrole nitrogens is 1. The maximum Gasteiger partial charge on any atom is 0.295 e. The van der Waals surface area contributed by atoms with E-state index in [1.807, 2.05) is 30.2 Å². The fourth-order valence-electron chi connectivity index (χ4n) is 5.07. The molecule has 1 fully saturated rings. The number of Topliss-reactive ketones (excluding diaryl/α,β-unsaturated/α-hetero) is 1. The number of nitrogens with one attached hydrogen (secondary N) is 1. The Balaban J connectivity index is 1.56. The van der Waals surface area contributed by atoms with Crippen LogP contribution in [-0.2, 0) is 22.6 Å². The van der Waals surface area contributed by atoms with Gasteiger partial charge in [0.05, 0.1) is 26.8 Å². The molecule has 0 aliphatic carbocycles. The predicted octanol–water partition coefficient (Wildman–Crippen LogP) is 1.96. The number of ether oxygens (including phenoxy) is 3. The lowest BCUT2D eigenvalue weighted by Gasteiger charge is -2.28. The van der Waals surface area contributed by atoms with E-state index in [0.29, 0.717) is 48.6 Å². The molecular weight excluding hydrogens is 474 g/mol. The van der Waals surface area contributed by atoms with Gasteiger partial charge in [-0.05, 0) is 47.9 Å². The minimum absolute atomic E-state index is 0.0237. The molecule has 0 spiro atoms. The van der Waals surface area contributed by atoms with Crippen LogP contribution in [0.4, 0.5) is 0 Å². The summed E-state index contributed by atoms with van der Waals surface area (Å²) in [6.45, 7) is 2.91. The van der Waals surface area contributed by atoms with Gasteiger partial charge in [0, 0.05) is 25.0 Å². The molecule has 5 rings (SSSR count). The molecule has 192 valence electrons. The standard InChI is InChI=1S/C28H29N3O6/c1-17-13-20-14-19(6-7-21(20)37-17)26(32)24-25(18-5-8-22(35-2)23(15-18)36-3)31(28(34)27(24)33)11-4-10-30-12-9-29-16-30/h5-9,12,14-17,25H,4,10-11,13H2,1-3H3,(H,32,33). The summed E-state index contributed by atoms with van der Waals surface area (Å²) in [6.07, 6.45) is 6.83. The van der Waals surface area contributed by atoms with Gasteiger partial charge in [0.25, 0.3) is 5.91 Å². The molecule has 1 saturated heterocycles. The SMILES string of the molecule is COc1ccc(C2C(=C([O-])c3ccc4c(c3)CC(C)O4)C(=O)C(=O)N2CCC[n+]2cc[nH]c2)cc1OC. The Morgan fingerprint density at radius 1 is 1.16 bits per heavy atom. The van der Waals surface area contributed by atoms with Gasteiger partial charge in [0.1, 0.15) is 24.2 Å². The van der Waals surface area contributed by atoms with Gasteiger partial charge in [-0.25, -0.2) is 4.57 Å². The number of fused-ring (bicyclic) bond motifs is 1. The van der Waals surface area contributed by atoms with E-state index in [-0.39, 0.29) is 11.7 Å². The Hall–Kier alpha value is -4.27. The average molecular weight is 504 g/mol. The summed E-state index contributed by atoms with van der Waals surface area (Å²) in [5.41, 5.74) is 1.83. The molecule has 0 radical (unpaired) electrons. The van der Waals surface area contributed by atoms with Crippen molar-refractivity contribution in [3.63, 3.8) is 0 Å². The second kappa shape index (κ2) is 10.0. The topological polar surface area (TPSA) is 108 Å². The monoisotopic (exact) mass is 503 g/mol. The van der Waals surface area contributed by atoms with Gasteiger partial charge in [-0.2, -0.15) is 0 Å². The first-order chi connectivity index (χ1) is 17.9. The van der Waals surface area contributed by atoms with Crippen LogP contribution in [0.2, 0.25) is 0 Å². The second-order valence-electron chi connectivity index (χ2n) is 9.25. The van der Waals surface area contributed by atoms with Crippen LogP contribution in [0.1, 0.15) is 36.1 Å². The van der Waals surface area contributed by atoms with Crippen LogP contribution in [0.25, 0.3) is 5.76 Å². The highest BCUT2D eigenvalue weighted by Gasteiger charge is 2.44. The summed E-state index contributed by atoms with van der Waals surface area (Å²) < 4.78 is 18.5. The Bertz CT molecular complexity index is 1360. The number of benzene rings is 2. The van der Waals surface area contributed by atoms with Crippen LogP contribution in [0, 0.1) is 0 Å². The molecule has 2 atom stereocenters. The lowest BCUT2D eigenvalue weighted by Crippen LogP contribution is -2.36. The van der Waals surface area contributed by atoms with Crippen molar-refractivity contribution in [3.05, 3.63) is 77.4 Å². The lowest BCUT2D eigenvalue weighted by atomic mass is 9.94. The third kappa shape index (κ3) is 4.52. The Morgan fingerprint density at radius 2 is 1.97 bits per heavy atom. The van der Waals surface area contributed by atoms with Crippen molar-refractivity contribution in [1.82, 2.24) is 9.88 Å². The van der Waals surface area contributed by atoms with E-state index in [4.69, 9.17) is 14.2 Å². The fraction of sp³-hybridized carbons (Fsp3) is 0.321. The zero-order valence-corrected chi connectivity index (χ0v) is 21.0. The molecule has 2 aromatic carbocycles. The van der Waals surface area contributed by atoms with E-state index in [0.717, 1.165) is 11.3 Å². The number of aryl methyl sites for hydroxylation is 1. The van der Waals surface area contributed by atoms with Crippen molar-refractivity contribution in [2.75, 3.05) is 20.8 Å². The number of aromatic amines is 1. The van der Waals surface area contributed by atoms with Crippen LogP contribution in [0.3, 0.4) is 0 Å². The van der Waals surface area contributed by atoms with Crippen molar-refractivity contribution < 1.29 is 33.5 Å². The molecule has 0 bridgehead atoms. The third-order valence-corrected chi connectivity index (χ3v) is 6.83. The molecular formula is C28H29N3O6. The molecule has 2 aliphatic rings. The lowest BCUT2D eigenvalue weighted by molar-refractivity contribution is -0.695. The minimum atomic E-state index is -0.841. The quantitative estimate of drug-likeness (QED) is 0.218. The smallest absolute Gasteiger partial charge is 0.295 e. The number of methoxy groups -OCH3 is 2. The molecule has 1 amide bonds. The molecule has 2 aliphatic heterocycles. The Morgan fingerprint density at radius 3 is 2.70 bits per heavy atom. The zero-order chi connectivity index (χ0) is 26.1. The van der Waals surface area contributed by atoms with Gasteiger partial charge in [0.15, 0.2) is 11.5 Å². The van der Waals surface area contributed by atoms with E-state index >= 15 is 0 Å². The fourth-order valence-corrected chi connectivity index (χ4v) is 5.07. The number of amides is 1. The van der Waals surface area contributed by atoms with Crippen LogP contribution in [-0.4, -0.2) is 48.4 Å². The maximum absolute atomic E-state index is 13.8. The van der Waals surface area contributed by atoms with Gasteiger partial charge in [-0.1, -0.05) is 17.9 Å². The highest BCUT2D eigenvalue weighted by Crippen LogP contribution is 2.42. The average Bonchev–Trinajstić information content (AvgIpc) is 3.61. The van der Waals surface area contributed by atoms with E-state index in [1.54, 1.807) is 36.4 Å². The normalized spacial score (nSPS) is 20.1. The number of rotatable bonds is 8. The van der Waals surface area contributed by atoms with Crippen molar-refractivity contribution in [2.24, 2.45) is 0 Å². The first-order valence-electron chi connectivity index (χ1n) is 12.2. The molecule has 37 heavy (non-hydrogen) atoms. The largest absolute Gasteiger partial charge is 0.872 e. The summed E-state index contributed by atoms with van der Waals surface area (Å²) in [5.74, 6) is -0.210. The number of ketones is 1. The maximum atomic E-state index is 13.8. The summed E-state index contributed by atoms with van der Waals surface area (Å²) in [7, 11) is 3.05. The molecule has 1 aromatic heterocycles. The van der Waals surface area contributed by atoms with E-state index in [2.05, 4.69) is 4.98 Å². The number of aromatic nitrogens is 2. The molecule has 1 N–H and O–H groups in total. The van der Waals surface area contributed by atoms with Gasteiger partial charge >= 0.3 is 0 Å². The van der Waals surface area contributed by atoms with Gasteiger partial charge < -0.3 is 24.2 Å². The van der Waals surface area contributed by atoms with Gasteiger partial charge in [-0.15, -0.1) is 0 Å². The molecule has 9 nitrogen and oxygen atoms in total. The highest BCUT2D eigenvalue weighted by atomic mass is 16.5. The number of carbonyl (C=O) groups excluding carboxylic acids is 2. The van der Waals surface area contributed by atoms with Crippen molar-refractivity contribution in [1.29, 1.82) is 0 Å². The molecule has 9 heteroatoms. The Kier molecular flexibility index (Phi) is 6.60. The van der Waals surface area contributed by atoms with Crippen molar-refractivity contribution in [2.45, 2.75) is 38.5 Å². The van der Waals surface area contributed by atoms with Crippen molar-refractivity contribution >= 4 is 17.4 Å². The first-order valence-corrected chi connectivity index (χ1v) is 12.2. The summed E-state index contributed by atoms with van der Waals surface area (Å²) in [6, 6.07) is 9.53. The molecule has 0 saturated carbocycles. The number of hydrogen-bond acceptors (Lipinski definition) is 6. The number of hydrogen-bond donors (Lipinski definition) is 1. The summed E-state index contributed by atoms with van der Waals surface area (Å²) >= 11 is 0. The predicted molar refractivity (Wildman–Crippen MR) is 132 cm³/mol. The number of carbonyl (C=O) groups is 2. The first kappa shape index (κ1) is 24.4. The number of imidazole rings is 1. The van der Waals surface area contributed by atoms with E-state index in [9.17, 15) is 14.7 Å². The second-order valence-corrected chi connectivity index (χ2v) is 9.25. The number of likely N-dealkylation sites (tertiary alicyclic amines) is 1. The van der Waals surface area contributed by atoms with Crippen LogP contribution in [0.5, 0.6) is 17.2 Å². The van der Waals surface area contributed by atoms with Crippen LogP contribution in [0.15, 0.2) is 60.7 Å². The molecule has 3 heterocycles. The number of nitrogens with zero attached hydrogens (tertiary/aromatic N) is 2. The van der Waals surface area contributed by atoms with Crippen LogP contribution >= 0.6 is 0 Å². The summed E-state index contributed by atoms with van der Waals surface area (Å²) in [5, 5.41) is 13.8. The van der Waals surface area contributed by atoms with Crippen molar-refractivity contribution in [3.8, 4) is 17.2 Å². The van der Waals surface area contributed by atoms with E-state index < -0.39 is 23.5 Å². The minimum Gasteiger partial charge on any atom is -0.872 e. The third-order valence-electron chi connectivity index (χ3n) is 6.83. The molecule has 3 aromatic rings. The van der Waals surface area contributed by atoms with Gasteiger partial charge in [0.2, 0.25) is 12.1 Å². The highest BCUT2D eigenvalue weighted by molar-refractivity contribution is 6.46.